The molecule has 1 rings (SSSR count). The first-order chi connectivity index (χ1) is 5.65. The maximum absolute atomic E-state index is 10.9. The highest BCUT2D eigenvalue weighted by molar-refractivity contribution is 5.96. The minimum Gasteiger partial charge on any atom is -0.409 e. The summed E-state index contributed by atoms with van der Waals surface area (Å²) in [4.78, 5) is 10.9. The van der Waals surface area contributed by atoms with Crippen LogP contribution in [0.1, 0.15) is 5.56 Å². The van der Waals surface area contributed by atoms with Crippen molar-refractivity contribution in [3.8, 4) is 0 Å². The van der Waals surface area contributed by atoms with Gasteiger partial charge in [0.25, 0.3) is 0 Å². The minimum atomic E-state index is -0.135. The van der Waals surface area contributed by atoms with Crippen LogP contribution in [0, 0.1) is 0 Å². The first kappa shape index (κ1) is 8.32. The molecule has 0 spiro atoms. The fraction of sp³-hybridized carbons (Fsp3) is 0.143. The summed E-state index contributed by atoms with van der Waals surface area (Å²) in [5, 5.41) is 11.1. The zero-order valence-electron chi connectivity index (χ0n) is 6.56. The van der Waals surface area contributed by atoms with E-state index in [1.165, 1.54) is 22.9 Å². The van der Waals surface area contributed by atoms with E-state index in [0.717, 1.165) is 0 Å². The van der Waals surface area contributed by atoms with Gasteiger partial charge in [0.15, 0.2) is 5.84 Å². The molecule has 0 bridgehead atoms. The van der Waals surface area contributed by atoms with Crippen molar-refractivity contribution in [2.24, 2.45) is 17.9 Å². The van der Waals surface area contributed by atoms with Crippen molar-refractivity contribution in [1.29, 1.82) is 0 Å². The number of aryl methyl sites for hydroxylation is 1. The average Bonchev–Trinajstić information content (AvgIpc) is 2.08. The molecule has 5 heteroatoms. The van der Waals surface area contributed by atoms with E-state index in [9.17, 15) is 4.79 Å². The molecule has 0 aliphatic carbocycles. The van der Waals surface area contributed by atoms with E-state index in [-0.39, 0.29) is 11.4 Å². The highest BCUT2D eigenvalue weighted by Crippen LogP contribution is 1.92. The third kappa shape index (κ3) is 1.45. The highest BCUT2D eigenvalue weighted by atomic mass is 16.4. The first-order valence-corrected chi connectivity index (χ1v) is 3.29. The van der Waals surface area contributed by atoms with Crippen LogP contribution in [-0.4, -0.2) is 15.6 Å². The Morgan fingerprint density at radius 1 is 1.67 bits per heavy atom. The van der Waals surface area contributed by atoms with Crippen LogP contribution in [0.5, 0.6) is 0 Å². The molecule has 1 heterocycles. The predicted octanol–water partition coefficient (Wildman–Crippen LogP) is -0.520. The summed E-state index contributed by atoms with van der Waals surface area (Å²) in [6, 6.07) is 2.85. The fourth-order valence-electron chi connectivity index (χ4n) is 0.803. The number of rotatable bonds is 1. The Morgan fingerprint density at radius 3 is 2.83 bits per heavy atom. The Morgan fingerprint density at radius 2 is 2.33 bits per heavy atom. The van der Waals surface area contributed by atoms with Gasteiger partial charge in [-0.15, -0.1) is 0 Å². The van der Waals surface area contributed by atoms with Gasteiger partial charge in [0.2, 0.25) is 5.56 Å². The quantitative estimate of drug-likeness (QED) is 0.255. The standard InChI is InChI=1S/C7H9N3O2/c1-10-4-5(7(8)9-12)2-3-6(10)11/h2-4,12H,1H3,(H2,8,9). The van der Waals surface area contributed by atoms with Gasteiger partial charge < -0.3 is 15.5 Å². The topological polar surface area (TPSA) is 80.6 Å². The summed E-state index contributed by atoms with van der Waals surface area (Å²) in [6.45, 7) is 0. The third-order valence-electron chi connectivity index (χ3n) is 1.49. The van der Waals surface area contributed by atoms with Gasteiger partial charge in [-0.05, 0) is 6.07 Å². The summed E-state index contributed by atoms with van der Waals surface area (Å²) < 4.78 is 1.35. The van der Waals surface area contributed by atoms with E-state index < -0.39 is 0 Å². The van der Waals surface area contributed by atoms with Gasteiger partial charge in [0.05, 0.1) is 0 Å². The van der Waals surface area contributed by atoms with Crippen LogP contribution in [0.4, 0.5) is 0 Å². The van der Waals surface area contributed by atoms with Crippen molar-refractivity contribution >= 4 is 5.84 Å². The second-order valence-corrected chi connectivity index (χ2v) is 2.35. The molecule has 0 fully saturated rings. The Labute approximate surface area is 68.7 Å². The molecule has 64 valence electrons. The summed E-state index contributed by atoms with van der Waals surface area (Å²) >= 11 is 0. The molecule has 0 unspecified atom stereocenters. The average molecular weight is 167 g/mol. The maximum atomic E-state index is 10.9. The second kappa shape index (κ2) is 3.08. The SMILES string of the molecule is Cn1cc(/C(N)=N/O)ccc1=O. The number of aromatic nitrogens is 1. The molecule has 12 heavy (non-hydrogen) atoms. The summed E-state index contributed by atoms with van der Waals surface area (Å²) in [7, 11) is 1.59. The van der Waals surface area contributed by atoms with Gasteiger partial charge in [0.1, 0.15) is 0 Å². The Kier molecular flexibility index (Phi) is 2.14. The molecule has 0 aliphatic heterocycles. The lowest BCUT2D eigenvalue weighted by Crippen LogP contribution is -2.20. The van der Waals surface area contributed by atoms with Crippen LogP contribution in [0.2, 0.25) is 0 Å². The Bertz CT molecular complexity index is 367. The fourth-order valence-corrected chi connectivity index (χ4v) is 0.803. The molecule has 0 aliphatic rings. The zero-order chi connectivity index (χ0) is 9.14. The molecule has 0 amide bonds. The lowest BCUT2D eigenvalue weighted by atomic mass is 10.2. The van der Waals surface area contributed by atoms with Crippen LogP contribution in [0.25, 0.3) is 0 Å². The van der Waals surface area contributed by atoms with Gasteiger partial charge in [-0.1, -0.05) is 5.16 Å². The monoisotopic (exact) mass is 167 g/mol. The molecule has 0 saturated carbocycles. The summed E-state index contributed by atoms with van der Waals surface area (Å²) in [5.41, 5.74) is 5.68. The number of nitrogens with two attached hydrogens (primary N) is 1. The molecule has 0 saturated heterocycles. The molecule has 0 aromatic carbocycles. The molecule has 3 N–H and O–H groups in total. The van der Waals surface area contributed by atoms with Crippen LogP contribution in [0.3, 0.4) is 0 Å². The smallest absolute Gasteiger partial charge is 0.250 e. The number of pyridine rings is 1. The Balaban J connectivity index is 3.22. The van der Waals surface area contributed by atoms with Gasteiger partial charge in [-0.2, -0.15) is 0 Å². The van der Waals surface area contributed by atoms with E-state index >= 15 is 0 Å². The van der Waals surface area contributed by atoms with Crippen molar-refractivity contribution in [2.75, 3.05) is 0 Å². The van der Waals surface area contributed by atoms with Crippen molar-refractivity contribution in [1.82, 2.24) is 4.57 Å². The number of nitrogens with zero attached hydrogens (tertiary/aromatic N) is 2. The van der Waals surface area contributed by atoms with E-state index in [2.05, 4.69) is 5.16 Å². The third-order valence-corrected chi connectivity index (χ3v) is 1.49. The maximum Gasteiger partial charge on any atom is 0.250 e. The number of oxime groups is 1. The van der Waals surface area contributed by atoms with Crippen LogP contribution in [-0.2, 0) is 7.05 Å². The van der Waals surface area contributed by atoms with E-state index in [1.807, 2.05) is 0 Å². The number of hydrogen-bond donors (Lipinski definition) is 2. The minimum absolute atomic E-state index is 0.00870. The van der Waals surface area contributed by atoms with Gasteiger partial charge in [-0.25, -0.2) is 0 Å². The normalized spacial score (nSPS) is 11.6. The lowest BCUT2D eigenvalue weighted by Gasteiger charge is -2.00. The van der Waals surface area contributed by atoms with Crippen LogP contribution < -0.4 is 11.3 Å². The van der Waals surface area contributed by atoms with Crippen molar-refractivity contribution in [3.63, 3.8) is 0 Å². The second-order valence-electron chi connectivity index (χ2n) is 2.35. The molecule has 1 aromatic heterocycles. The highest BCUT2D eigenvalue weighted by Gasteiger charge is 1.98. The van der Waals surface area contributed by atoms with E-state index in [1.54, 1.807) is 7.05 Å². The van der Waals surface area contributed by atoms with Crippen LogP contribution >= 0.6 is 0 Å². The van der Waals surface area contributed by atoms with Gasteiger partial charge in [-0.3, -0.25) is 4.79 Å². The lowest BCUT2D eigenvalue weighted by molar-refractivity contribution is 0.318. The molecule has 0 atom stereocenters. The molecule has 0 radical (unpaired) electrons. The summed E-state index contributed by atoms with van der Waals surface area (Å²) in [6.07, 6.45) is 1.50. The largest absolute Gasteiger partial charge is 0.409 e. The number of amidine groups is 1. The molecular weight excluding hydrogens is 158 g/mol. The predicted molar refractivity (Wildman–Crippen MR) is 44.2 cm³/mol. The van der Waals surface area contributed by atoms with Crippen molar-refractivity contribution < 1.29 is 5.21 Å². The van der Waals surface area contributed by atoms with E-state index in [4.69, 9.17) is 10.9 Å². The van der Waals surface area contributed by atoms with E-state index in [0.29, 0.717) is 5.56 Å². The molecule has 5 nitrogen and oxygen atoms in total. The van der Waals surface area contributed by atoms with Gasteiger partial charge in [0, 0.05) is 24.9 Å². The zero-order valence-corrected chi connectivity index (χ0v) is 6.56. The van der Waals surface area contributed by atoms with Gasteiger partial charge >= 0.3 is 0 Å². The summed E-state index contributed by atoms with van der Waals surface area (Å²) in [5.74, 6) is -0.00870. The Hall–Kier alpha value is -1.78. The molecule has 1 aromatic rings. The van der Waals surface area contributed by atoms with Crippen molar-refractivity contribution in [2.45, 2.75) is 0 Å². The number of hydrogen-bond acceptors (Lipinski definition) is 3. The van der Waals surface area contributed by atoms with Crippen molar-refractivity contribution in [3.05, 3.63) is 34.2 Å². The first-order valence-electron chi connectivity index (χ1n) is 3.29. The van der Waals surface area contributed by atoms with Crippen LogP contribution in [0.15, 0.2) is 28.3 Å². The molecular formula is C7H9N3O2.